The monoisotopic (exact) mass is 264 g/mol. The smallest absolute Gasteiger partial charge is 0.385 e. The summed E-state index contributed by atoms with van der Waals surface area (Å²) in [6, 6.07) is 0. The van der Waals surface area contributed by atoms with Crippen LogP contribution < -0.4 is 0 Å². The molecule has 0 atom stereocenters. The second-order valence-corrected chi connectivity index (χ2v) is 3.87. The molecule has 1 aromatic heterocycles. The van der Waals surface area contributed by atoms with Gasteiger partial charge >= 0.3 is 6.18 Å². The maximum Gasteiger partial charge on any atom is 0.435 e. The van der Waals surface area contributed by atoms with E-state index in [0.29, 0.717) is 5.69 Å². The molecule has 0 aliphatic heterocycles. The van der Waals surface area contributed by atoms with Gasteiger partial charge in [-0.05, 0) is 19.8 Å². The summed E-state index contributed by atoms with van der Waals surface area (Å²) in [6.07, 6.45) is -2.69. The van der Waals surface area contributed by atoms with Crippen molar-refractivity contribution in [2.45, 2.75) is 31.9 Å². The third-order valence-electron chi connectivity index (χ3n) is 2.49. The number of nitrogens with zero attached hydrogens (tertiary/aromatic N) is 1. The number of rotatable bonds is 3. The number of hydrogen-bond acceptors (Lipinski definition) is 3. The van der Waals surface area contributed by atoms with Gasteiger partial charge in [-0.25, -0.2) is 0 Å². The molecule has 1 heterocycles. The van der Waals surface area contributed by atoms with Gasteiger partial charge in [0.15, 0.2) is 12.0 Å². The van der Waals surface area contributed by atoms with Gasteiger partial charge in [-0.3, -0.25) is 9.89 Å². The number of aromatic amines is 1. The summed E-state index contributed by atoms with van der Waals surface area (Å²) >= 11 is 0. The number of halogens is 3. The fourth-order valence-electron chi connectivity index (χ4n) is 1.38. The van der Waals surface area contributed by atoms with Crippen LogP contribution in [0, 0.1) is 0 Å². The Morgan fingerprint density at radius 3 is 2.39 bits per heavy atom. The highest BCUT2D eigenvalue weighted by molar-refractivity contribution is 5.79. The highest BCUT2D eigenvalue weighted by Crippen LogP contribution is 2.42. The van der Waals surface area contributed by atoms with Crippen LogP contribution in [0.4, 0.5) is 13.2 Å². The number of carbonyl (C=O) groups excluding carboxylic acids is 1. The summed E-state index contributed by atoms with van der Waals surface area (Å²) in [6.45, 7) is 2.78. The fraction of sp³-hybridized carbons (Fsp3) is 0.636. The summed E-state index contributed by atoms with van der Waals surface area (Å²) in [5, 5.41) is 5.43. The first kappa shape index (κ1) is 14.7. The minimum Gasteiger partial charge on any atom is -0.385 e. The van der Waals surface area contributed by atoms with Crippen molar-refractivity contribution in [2.75, 3.05) is 13.7 Å². The molecule has 2 rings (SSSR count). The molecule has 1 aliphatic rings. The van der Waals surface area contributed by atoms with Crippen molar-refractivity contribution >= 4 is 6.29 Å². The van der Waals surface area contributed by atoms with E-state index in [4.69, 9.17) is 0 Å². The molecule has 0 radical (unpaired) electrons. The van der Waals surface area contributed by atoms with E-state index < -0.39 is 11.9 Å². The summed E-state index contributed by atoms with van der Waals surface area (Å²) < 4.78 is 41.4. The van der Waals surface area contributed by atoms with Crippen molar-refractivity contribution in [1.82, 2.24) is 10.2 Å². The van der Waals surface area contributed by atoms with Gasteiger partial charge in [0.2, 0.25) is 0 Å². The molecular weight excluding hydrogens is 249 g/mol. The van der Waals surface area contributed by atoms with Gasteiger partial charge in [-0.15, -0.1) is 0 Å². The third-order valence-corrected chi connectivity index (χ3v) is 2.49. The van der Waals surface area contributed by atoms with Gasteiger partial charge in [0, 0.05) is 25.3 Å². The second-order valence-electron chi connectivity index (χ2n) is 3.87. The van der Waals surface area contributed by atoms with E-state index in [2.05, 4.69) is 14.9 Å². The Bertz CT molecular complexity index is 395. The Morgan fingerprint density at radius 2 is 2.06 bits per heavy atom. The number of aldehydes is 1. The molecule has 1 aromatic rings. The zero-order chi connectivity index (χ0) is 13.8. The van der Waals surface area contributed by atoms with Crippen molar-refractivity contribution in [3.05, 3.63) is 17.0 Å². The van der Waals surface area contributed by atoms with Crippen LogP contribution in [0.3, 0.4) is 0 Å². The SMILES string of the molecule is CCOC.O=Cc1c(C(F)(F)F)n[nH]c1C1CC1. The minimum atomic E-state index is -4.56. The van der Waals surface area contributed by atoms with Crippen LogP contribution in [0.2, 0.25) is 0 Å². The van der Waals surface area contributed by atoms with E-state index in [1.54, 1.807) is 7.11 Å². The molecule has 0 amide bonds. The van der Waals surface area contributed by atoms with E-state index in [1.165, 1.54) is 0 Å². The lowest BCUT2D eigenvalue weighted by atomic mass is 10.1. The fourth-order valence-corrected chi connectivity index (χ4v) is 1.38. The lowest BCUT2D eigenvalue weighted by molar-refractivity contribution is -0.141. The molecule has 4 nitrogen and oxygen atoms in total. The van der Waals surface area contributed by atoms with Crippen molar-refractivity contribution in [1.29, 1.82) is 0 Å². The number of ether oxygens (including phenoxy) is 1. The highest BCUT2D eigenvalue weighted by atomic mass is 19.4. The first-order valence-electron chi connectivity index (χ1n) is 5.55. The molecule has 0 bridgehead atoms. The molecule has 0 aromatic carbocycles. The molecule has 1 aliphatic carbocycles. The van der Waals surface area contributed by atoms with Crippen LogP contribution in [0.1, 0.15) is 47.4 Å². The van der Waals surface area contributed by atoms with Crippen molar-refractivity contribution in [3.8, 4) is 0 Å². The van der Waals surface area contributed by atoms with E-state index in [9.17, 15) is 18.0 Å². The standard InChI is InChI=1S/C8H7F3N2O.C3H8O/c9-8(10,11)7-5(3-14)6(12-13-7)4-1-2-4;1-3-4-2/h3-4H,1-2H2,(H,12,13);3H2,1-2H3. The Balaban J connectivity index is 0.000000357. The molecule has 1 saturated carbocycles. The number of hydrogen-bond donors (Lipinski definition) is 1. The quantitative estimate of drug-likeness (QED) is 0.854. The summed E-state index contributed by atoms with van der Waals surface area (Å²) in [7, 11) is 1.68. The molecule has 18 heavy (non-hydrogen) atoms. The van der Waals surface area contributed by atoms with Crippen LogP contribution in [-0.2, 0) is 10.9 Å². The molecule has 102 valence electrons. The summed E-state index contributed by atoms with van der Waals surface area (Å²) in [4.78, 5) is 10.5. The molecule has 0 spiro atoms. The normalized spacial score (nSPS) is 14.9. The Hall–Kier alpha value is -1.37. The topological polar surface area (TPSA) is 55.0 Å². The Labute approximate surface area is 103 Å². The zero-order valence-corrected chi connectivity index (χ0v) is 10.2. The van der Waals surface area contributed by atoms with Crippen molar-refractivity contribution < 1.29 is 22.7 Å². The van der Waals surface area contributed by atoms with Gasteiger partial charge in [0.1, 0.15) is 0 Å². The molecular formula is C11H15F3N2O2. The number of aromatic nitrogens is 2. The average Bonchev–Trinajstić information content (AvgIpc) is 3.06. The lowest BCUT2D eigenvalue weighted by Gasteiger charge is -2.02. The molecule has 0 unspecified atom stereocenters. The van der Waals surface area contributed by atoms with Gasteiger partial charge in [0.05, 0.1) is 5.56 Å². The highest BCUT2D eigenvalue weighted by Gasteiger charge is 2.40. The predicted octanol–water partition coefficient (Wildman–Crippen LogP) is 2.77. The molecule has 1 N–H and O–H groups in total. The number of alkyl halides is 3. The van der Waals surface area contributed by atoms with Gasteiger partial charge in [0.25, 0.3) is 0 Å². The molecule has 0 saturated heterocycles. The Kier molecular flexibility index (Phi) is 4.89. The van der Waals surface area contributed by atoms with Crippen molar-refractivity contribution in [2.24, 2.45) is 0 Å². The molecule has 7 heteroatoms. The van der Waals surface area contributed by atoms with Gasteiger partial charge in [-0.2, -0.15) is 18.3 Å². The molecule has 1 fully saturated rings. The van der Waals surface area contributed by atoms with Crippen LogP contribution in [-0.4, -0.2) is 30.2 Å². The van der Waals surface area contributed by atoms with E-state index in [1.807, 2.05) is 6.92 Å². The number of nitrogens with one attached hydrogen (secondary N) is 1. The third kappa shape index (κ3) is 3.56. The van der Waals surface area contributed by atoms with Gasteiger partial charge < -0.3 is 4.74 Å². The first-order valence-corrected chi connectivity index (χ1v) is 5.55. The van der Waals surface area contributed by atoms with Crippen molar-refractivity contribution in [3.63, 3.8) is 0 Å². The maximum atomic E-state index is 12.3. The van der Waals surface area contributed by atoms with Crippen LogP contribution in [0.25, 0.3) is 0 Å². The zero-order valence-electron chi connectivity index (χ0n) is 10.2. The second kappa shape index (κ2) is 5.99. The number of H-pyrrole nitrogens is 1. The minimum absolute atomic E-state index is 0.0544. The largest absolute Gasteiger partial charge is 0.435 e. The Morgan fingerprint density at radius 1 is 1.50 bits per heavy atom. The van der Waals surface area contributed by atoms with Crippen LogP contribution in [0.5, 0.6) is 0 Å². The number of methoxy groups -OCH3 is 1. The van der Waals surface area contributed by atoms with Crippen LogP contribution >= 0.6 is 0 Å². The summed E-state index contributed by atoms with van der Waals surface area (Å²) in [5.41, 5.74) is -1.11. The average molecular weight is 264 g/mol. The van der Waals surface area contributed by atoms with Crippen LogP contribution in [0.15, 0.2) is 0 Å². The number of carbonyl (C=O) groups is 1. The van der Waals surface area contributed by atoms with Gasteiger partial charge in [-0.1, -0.05) is 0 Å². The lowest BCUT2D eigenvalue weighted by Crippen LogP contribution is -2.08. The summed E-state index contributed by atoms with van der Waals surface area (Å²) in [5.74, 6) is 0.0544. The van der Waals surface area contributed by atoms with E-state index >= 15 is 0 Å². The van der Waals surface area contributed by atoms with E-state index in [0.717, 1.165) is 19.4 Å². The predicted molar refractivity (Wildman–Crippen MR) is 58.5 cm³/mol. The van der Waals surface area contributed by atoms with E-state index in [-0.39, 0.29) is 17.8 Å². The maximum absolute atomic E-state index is 12.3. The first-order chi connectivity index (χ1) is 8.45.